The number of pyridine rings is 1. The Morgan fingerprint density at radius 1 is 1.60 bits per heavy atom. The third-order valence-corrected chi connectivity index (χ3v) is 1.36. The average Bonchev–Trinajstić information content (AvgIpc) is 1.95. The van der Waals surface area contributed by atoms with Crippen LogP contribution in [0.25, 0.3) is 0 Å². The molecule has 10 heavy (non-hydrogen) atoms. The predicted molar refractivity (Wildman–Crippen MR) is 37.0 cm³/mol. The zero-order chi connectivity index (χ0) is 7.56. The van der Waals surface area contributed by atoms with Crippen LogP contribution in [0.2, 0.25) is 5.15 Å². The van der Waals surface area contributed by atoms with E-state index < -0.39 is 0 Å². The average molecular weight is 160 g/mol. The van der Waals surface area contributed by atoms with Crippen molar-refractivity contribution in [3.05, 3.63) is 28.6 Å². The largest absolute Gasteiger partial charge is 0.615 e. The smallest absolute Gasteiger partial charge is 0.380 e. The van der Waals surface area contributed by atoms with Gasteiger partial charge in [-0.25, -0.2) is 0 Å². The predicted octanol–water partition coefficient (Wildman–Crippen LogP) is 0.982. The summed E-state index contributed by atoms with van der Waals surface area (Å²) in [5.74, 6) is 0.201. The molecule has 0 N–H and O–H groups in total. The summed E-state index contributed by atoms with van der Waals surface area (Å²) in [5.41, 5.74) is 0. The number of hydrogen-bond acceptors (Lipinski definition) is 2. The summed E-state index contributed by atoms with van der Waals surface area (Å²) in [6, 6.07) is 4.69. The van der Waals surface area contributed by atoms with Crippen LogP contribution in [0.4, 0.5) is 0 Å². The molecular weight excluding hydrogens is 154 g/mol. The third kappa shape index (κ3) is 1.14. The molecule has 0 aliphatic heterocycles. The van der Waals surface area contributed by atoms with E-state index >= 15 is 0 Å². The van der Waals surface area contributed by atoms with E-state index in [1.165, 1.54) is 13.2 Å². The fraction of sp³-hybridized carbons (Fsp3) is 0.167. The molecule has 1 rings (SSSR count). The Balaban J connectivity index is 3.14. The highest BCUT2D eigenvalue weighted by Crippen LogP contribution is 2.06. The van der Waals surface area contributed by atoms with Crippen LogP contribution in [0.15, 0.2) is 18.2 Å². The van der Waals surface area contributed by atoms with Crippen molar-refractivity contribution in [1.29, 1.82) is 0 Å². The van der Waals surface area contributed by atoms with Crippen molar-refractivity contribution in [3.8, 4) is 5.88 Å². The molecule has 0 unspecified atom stereocenters. The van der Waals surface area contributed by atoms with Crippen molar-refractivity contribution in [2.24, 2.45) is 0 Å². The zero-order valence-corrected chi connectivity index (χ0v) is 6.13. The molecule has 1 aromatic heterocycles. The lowest BCUT2D eigenvalue weighted by molar-refractivity contribution is -0.609. The minimum atomic E-state index is 0.111. The second-order valence-corrected chi connectivity index (χ2v) is 2.07. The molecule has 0 saturated heterocycles. The number of nitrogens with zero attached hydrogens (tertiary/aromatic N) is 1. The maximum absolute atomic E-state index is 10.9. The Kier molecular flexibility index (Phi) is 1.97. The molecule has 0 saturated carbocycles. The molecule has 1 aromatic rings. The molecule has 4 heteroatoms. The lowest BCUT2D eigenvalue weighted by Gasteiger charge is -2.01. The summed E-state index contributed by atoms with van der Waals surface area (Å²) in [4.78, 5) is 0. The van der Waals surface area contributed by atoms with E-state index in [1.54, 1.807) is 12.1 Å². The molecule has 0 aliphatic carbocycles. The number of ether oxygens (including phenoxy) is 1. The number of halogens is 1. The van der Waals surface area contributed by atoms with Crippen LogP contribution < -0.4 is 9.47 Å². The Morgan fingerprint density at radius 2 is 2.30 bits per heavy atom. The first kappa shape index (κ1) is 7.15. The second-order valence-electron chi connectivity index (χ2n) is 1.69. The highest BCUT2D eigenvalue weighted by molar-refractivity contribution is 6.28. The zero-order valence-electron chi connectivity index (χ0n) is 5.37. The van der Waals surface area contributed by atoms with Gasteiger partial charge in [-0.2, -0.15) is 0 Å². The molecule has 0 aromatic carbocycles. The van der Waals surface area contributed by atoms with Gasteiger partial charge in [-0.15, -0.1) is 4.73 Å². The molecule has 0 aliphatic rings. The Hall–Kier alpha value is -0.960. The second kappa shape index (κ2) is 2.75. The van der Waals surface area contributed by atoms with Crippen LogP contribution in [0.5, 0.6) is 5.88 Å². The lowest BCUT2D eigenvalue weighted by Crippen LogP contribution is -2.29. The van der Waals surface area contributed by atoms with Crippen molar-refractivity contribution in [2.45, 2.75) is 0 Å². The quantitative estimate of drug-likeness (QED) is 0.348. The van der Waals surface area contributed by atoms with E-state index in [4.69, 9.17) is 16.3 Å². The minimum absolute atomic E-state index is 0.111. The maximum Gasteiger partial charge on any atom is 0.380 e. The molecule has 54 valence electrons. The number of rotatable bonds is 1. The molecule has 0 spiro atoms. The first-order valence-corrected chi connectivity index (χ1v) is 3.05. The van der Waals surface area contributed by atoms with Gasteiger partial charge in [-0.1, -0.05) is 0 Å². The molecule has 1 heterocycles. The highest BCUT2D eigenvalue weighted by atomic mass is 35.5. The molecule has 0 radical (unpaired) electrons. The summed E-state index contributed by atoms with van der Waals surface area (Å²) in [7, 11) is 1.42. The maximum atomic E-state index is 10.9. The Bertz CT molecular complexity index is 239. The summed E-state index contributed by atoms with van der Waals surface area (Å²) in [6.07, 6.45) is 0. The Morgan fingerprint density at radius 3 is 2.80 bits per heavy atom. The monoisotopic (exact) mass is 159 g/mol. The van der Waals surface area contributed by atoms with E-state index in [9.17, 15) is 5.21 Å². The molecule has 0 fully saturated rings. The van der Waals surface area contributed by atoms with E-state index in [2.05, 4.69) is 0 Å². The van der Waals surface area contributed by atoms with E-state index in [0.717, 1.165) is 0 Å². The SMILES string of the molecule is COc1cccc(Cl)[n+]1[O-]. The van der Waals surface area contributed by atoms with Crippen LogP contribution in [-0.4, -0.2) is 7.11 Å². The van der Waals surface area contributed by atoms with Crippen LogP contribution in [0, 0.1) is 5.21 Å². The van der Waals surface area contributed by atoms with Gasteiger partial charge < -0.3 is 9.94 Å². The van der Waals surface area contributed by atoms with Gasteiger partial charge in [-0.3, -0.25) is 0 Å². The standard InChI is InChI=1S/C6H6ClNO2/c1-10-6-4-2-3-5(7)8(6)9/h2-4H,1H3. The van der Waals surface area contributed by atoms with E-state index in [0.29, 0.717) is 4.73 Å². The van der Waals surface area contributed by atoms with Gasteiger partial charge >= 0.3 is 5.88 Å². The van der Waals surface area contributed by atoms with Gasteiger partial charge in [-0.05, 0) is 17.7 Å². The van der Waals surface area contributed by atoms with Crippen LogP contribution in [-0.2, 0) is 0 Å². The normalized spacial score (nSPS) is 9.40. The summed E-state index contributed by atoms with van der Waals surface area (Å²) < 4.78 is 5.21. The molecule has 0 amide bonds. The minimum Gasteiger partial charge on any atom is -0.615 e. The summed E-state index contributed by atoms with van der Waals surface area (Å²) in [6.45, 7) is 0. The van der Waals surface area contributed by atoms with E-state index in [1.807, 2.05) is 0 Å². The number of methoxy groups -OCH3 is 1. The van der Waals surface area contributed by atoms with Crippen molar-refractivity contribution < 1.29 is 9.47 Å². The van der Waals surface area contributed by atoms with Gasteiger partial charge in [0.2, 0.25) is 0 Å². The van der Waals surface area contributed by atoms with Crippen LogP contribution in [0.3, 0.4) is 0 Å². The highest BCUT2D eigenvalue weighted by Gasteiger charge is 2.06. The topological polar surface area (TPSA) is 36.2 Å². The summed E-state index contributed by atoms with van der Waals surface area (Å²) in [5, 5.41) is 11.0. The molecule has 0 bridgehead atoms. The summed E-state index contributed by atoms with van der Waals surface area (Å²) >= 11 is 5.46. The van der Waals surface area contributed by atoms with Crippen LogP contribution in [0.1, 0.15) is 0 Å². The molecular formula is C6H6ClNO2. The van der Waals surface area contributed by atoms with Gasteiger partial charge in [0, 0.05) is 6.07 Å². The van der Waals surface area contributed by atoms with Gasteiger partial charge in [0.25, 0.3) is 5.15 Å². The fourth-order valence-electron chi connectivity index (χ4n) is 0.601. The third-order valence-electron chi connectivity index (χ3n) is 1.08. The van der Waals surface area contributed by atoms with Gasteiger partial charge in [0.15, 0.2) is 0 Å². The van der Waals surface area contributed by atoms with Crippen LogP contribution >= 0.6 is 11.6 Å². The fourth-order valence-corrected chi connectivity index (χ4v) is 0.757. The Labute approximate surface area is 63.4 Å². The van der Waals surface area contributed by atoms with Gasteiger partial charge in [0.1, 0.15) is 0 Å². The number of aromatic nitrogens is 1. The lowest BCUT2D eigenvalue weighted by atomic mass is 10.5. The first-order chi connectivity index (χ1) is 4.75. The van der Waals surface area contributed by atoms with E-state index in [-0.39, 0.29) is 11.0 Å². The molecule has 3 nitrogen and oxygen atoms in total. The van der Waals surface area contributed by atoms with Gasteiger partial charge in [0.05, 0.1) is 13.2 Å². The van der Waals surface area contributed by atoms with Crippen molar-refractivity contribution in [2.75, 3.05) is 7.11 Å². The first-order valence-electron chi connectivity index (χ1n) is 2.68. The van der Waals surface area contributed by atoms with Crippen molar-refractivity contribution >= 4 is 11.6 Å². The molecule has 0 atom stereocenters. The number of hydrogen-bond donors (Lipinski definition) is 0. The van der Waals surface area contributed by atoms with Crippen molar-refractivity contribution in [3.63, 3.8) is 0 Å². The van der Waals surface area contributed by atoms with Crippen molar-refractivity contribution in [1.82, 2.24) is 0 Å².